The van der Waals surface area contributed by atoms with E-state index in [0.29, 0.717) is 5.92 Å². The minimum Gasteiger partial charge on any atom is -0.111 e. The second kappa shape index (κ2) is 7.48. The van der Waals surface area contributed by atoms with Gasteiger partial charge in [0.2, 0.25) is 18.1 Å². The summed E-state index contributed by atoms with van der Waals surface area (Å²) in [4.78, 5) is 0. The molecular formula is C28H40N2+2. The van der Waals surface area contributed by atoms with Crippen LogP contribution in [0.2, 0.25) is 0 Å². The summed E-state index contributed by atoms with van der Waals surface area (Å²) in [6.45, 7) is 25.3. The molecule has 0 bridgehead atoms. The van der Waals surface area contributed by atoms with E-state index in [2.05, 4.69) is 122 Å². The maximum absolute atomic E-state index is 4.30. The molecule has 0 aromatic carbocycles. The van der Waals surface area contributed by atoms with Gasteiger partial charge in [0.15, 0.2) is 0 Å². The van der Waals surface area contributed by atoms with Gasteiger partial charge in [-0.05, 0) is 22.3 Å². The summed E-state index contributed by atoms with van der Waals surface area (Å²) >= 11 is 0. The van der Waals surface area contributed by atoms with Crippen LogP contribution in [-0.4, -0.2) is 21.6 Å². The molecule has 0 saturated heterocycles. The van der Waals surface area contributed by atoms with Crippen LogP contribution < -0.4 is 0 Å². The van der Waals surface area contributed by atoms with E-state index in [1.54, 1.807) is 0 Å². The molecule has 0 atom stereocenters. The van der Waals surface area contributed by atoms with Crippen molar-refractivity contribution < 1.29 is 9.15 Å². The molecular weight excluding hydrogens is 364 g/mol. The Labute approximate surface area is 184 Å². The molecule has 2 heteroatoms. The third kappa shape index (κ3) is 4.29. The van der Waals surface area contributed by atoms with Crippen LogP contribution in [0.3, 0.4) is 0 Å². The molecule has 0 spiro atoms. The van der Waals surface area contributed by atoms with Gasteiger partial charge in [0, 0.05) is 23.5 Å². The lowest BCUT2D eigenvalue weighted by Crippen LogP contribution is -2.36. The van der Waals surface area contributed by atoms with Crippen LogP contribution in [0.15, 0.2) is 71.4 Å². The van der Waals surface area contributed by atoms with Gasteiger partial charge < -0.3 is 0 Å². The second-order valence-electron chi connectivity index (χ2n) is 11.9. The fourth-order valence-corrected chi connectivity index (χ4v) is 4.31. The van der Waals surface area contributed by atoms with Crippen molar-refractivity contribution in [1.82, 2.24) is 0 Å². The SMILES string of the molecule is C=[N+]1C=C[N+](=C2C(C(C)(C)C)=CC(C(C)(C)C)C=C2C(C)(C)C)/C1=C1/C=CC=CC1. The monoisotopic (exact) mass is 404 g/mol. The third-order valence-electron chi connectivity index (χ3n) is 6.13. The van der Waals surface area contributed by atoms with Gasteiger partial charge in [-0.25, -0.2) is 0 Å². The van der Waals surface area contributed by atoms with Crippen molar-refractivity contribution >= 4 is 12.4 Å². The molecule has 3 rings (SSSR count). The molecule has 0 aromatic rings. The standard InChI is InChI=1S/C28H40N2/c1-26(2,3)21-18-22(27(4,5)6)24(23(19-21)28(7,8)9)30-17-16-29(10)25(30)20-14-12-11-13-15-20/h11-14,16-19,21H,10,15H2,1-9H3/q+2/b25-20-,30-24?. The van der Waals surface area contributed by atoms with Crippen molar-refractivity contribution in [3.05, 3.63) is 71.4 Å². The highest BCUT2D eigenvalue weighted by Crippen LogP contribution is 2.44. The van der Waals surface area contributed by atoms with Crippen molar-refractivity contribution in [2.45, 2.75) is 68.7 Å². The Kier molecular flexibility index (Phi) is 5.60. The summed E-state index contributed by atoms with van der Waals surface area (Å²) < 4.78 is 4.40. The number of nitrogens with zero attached hydrogens (tertiary/aromatic N) is 2. The van der Waals surface area contributed by atoms with Gasteiger partial charge in [-0.15, -0.1) is 4.58 Å². The maximum atomic E-state index is 4.30. The summed E-state index contributed by atoms with van der Waals surface area (Å²) in [5.41, 5.74) is 5.70. The van der Waals surface area contributed by atoms with Crippen molar-refractivity contribution in [1.29, 1.82) is 0 Å². The quantitative estimate of drug-likeness (QED) is 0.384. The van der Waals surface area contributed by atoms with Crippen LogP contribution in [0.4, 0.5) is 0 Å². The van der Waals surface area contributed by atoms with E-state index < -0.39 is 0 Å². The first-order valence-corrected chi connectivity index (χ1v) is 11.2. The smallest absolute Gasteiger partial charge is 0.111 e. The van der Waals surface area contributed by atoms with Gasteiger partial charge in [0.05, 0.1) is 0 Å². The molecule has 0 fully saturated rings. The van der Waals surface area contributed by atoms with Gasteiger partial charge in [-0.1, -0.05) is 97.3 Å². The van der Waals surface area contributed by atoms with Crippen molar-refractivity contribution in [3.63, 3.8) is 0 Å². The van der Waals surface area contributed by atoms with Crippen LogP contribution in [0.5, 0.6) is 0 Å². The number of hydrogen-bond acceptors (Lipinski definition) is 0. The van der Waals surface area contributed by atoms with Gasteiger partial charge in [-0.2, -0.15) is 0 Å². The molecule has 0 radical (unpaired) electrons. The van der Waals surface area contributed by atoms with E-state index in [4.69, 9.17) is 0 Å². The number of hydrogen-bond donors (Lipinski definition) is 0. The van der Waals surface area contributed by atoms with Crippen molar-refractivity contribution in [3.8, 4) is 0 Å². The lowest BCUT2D eigenvalue weighted by Gasteiger charge is -2.37. The zero-order valence-electron chi connectivity index (χ0n) is 20.5. The molecule has 0 amide bonds. The Morgan fingerprint density at radius 1 is 0.833 bits per heavy atom. The van der Waals surface area contributed by atoms with Crippen LogP contribution in [0, 0.1) is 22.2 Å². The van der Waals surface area contributed by atoms with E-state index in [0.717, 1.165) is 12.2 Å². The highest BCUT2D eigenvalue weighted by molar-refractivity contribution is 6.12. The van der Waals surface area contributed by atoms with Gasteiger partial charge in [0.1, 0.15) is 12.3 Å². The van der Waals surface area contributed by atoms with Crippen LogP contribution in [0.1, 0.15) is 68.7 Å². The summed E-state index contributed by atoms with van der Waals surface area (Å²) in [5.74, 6) is 1.56. The minimum absolute atomic E-state index is 0.0319. The molecule has 3 aliphatic rings. The fourth-order valence-electron chi connectivity index (χ4n) is 4.31. The zero-order chi connectivity index (χ0) is 22.5. The number of rotatable bonds is 0. The molecule has 160 valence electrons. The average Bonchev–Trinajstić information content (AvgIpc) is 3.00. The molecule has 1 aliphatic heterocycles. The maximum Gasteiger partial charge on any atom is 0.458 e. The predicted molar refractivity (Wildman–Crippen MR) is 130 cm³/mol. The van der Waals surface area contributed by atoms with Crippen molar-refractivity contribution in [2.24, 2.45) is 22.2 Å². The molecule has 0 saturated carbocycles. The first kappa shape index (κ1) is 22.5. The van der Waals surface area contributed by atoms with E-state index in [1.807, 2.05) is 4.58 Å². The normalized spacial score (nSPS) is 25.2. The molecule has 0 unspecified atom stereocenters. The molecule has 30 heavy (non-hydrogen) atoms. The second-order valence-corrected chi connectivity index (χ2v) is 11.9. The summed E-state index contributed by atoms with van der Waals surface area (Å²) in [5, 5.41) is 0. The lowest BCUT2D eigenvalue weighted by atomic mass is 9.66. The van der Waals surface area contributed by atoms with Crippen LogP contribution in [0.25, 0.3) is 0 Å². The Hall–Kier alpha value is -2.22. The summed E-state index contributed by atoms with van der Waals surface area (Å²) in [7, 11) is 0. The van der Waals surface area contributed by atoms with Gasteiger partial charge in [0.25, 0.3) is 0 Å². The van der Waals surface area contributed by atoms with Gasteiger partial charge in [-0.3, -0.25) is 0 Å². The fraction of sp³-hybridized carbons (Fsp3) is 0.500. The van der Waals surface area contributed by atoms with E-state index in [1.165, 1.54) is 22.4 Å². The van der Waals surface area contributed by atoms with E-state index in [9.17, 15) is 0 Å². The molecule has 1 heterocycles. The molecule has 0 aromatic heterocycles. The van der Waals surface area contributed by atoms with Crippen molar-refractivity contribution in [2.75, 3.05) is 0 Å². The summed E-state index contributed by atoms with van der Waals surface area (Å²) in [6, 6.07) is 0. The Morgan fingerprint density at radius 3 is 1.83 bits per heavy atom. The third-order valence-corrected chi connectivity index (χ3v) is 6.13. The topological polar surface area (TPSA) is 6.02 Å². The first-order chi connectivity index (χ1) is 13.7. The zero-order valence-corrected chi connectivity index (χ0v) is 20.5. The van der Waals surface area contributed by atoms with E-state index in [-0.39, 0.29) is 16.2 Å². The first-order valence-electron chi connectivity index (χ1n) is 11.2. The Morgan fingerprint density at radius 2 is 1.40 bits per heavy atom. The van der Waals surface area contributed by atoms with Gasteiger partial charge >= 0.3 is 5.82 Å². The minimum atomic E-state index is 0.0319. The molecule has 2 nitrogen and oxygen atoms in total. The number of allylic oxidation sites excluding steroid dienone is 9. The molecule has 2 aliphatic carbocycles. The predicted octanol–water partition coefficient (Wildman–Crippen LogP) is 6.99. The Bertz CT molecular complexity index is 931. The Balaban J connectivity index is 2.37. The lowest BCUT2D eigenvalue weighted by molar-refractivity contribution is -0.553. The highest BCUT2D eigenvalue weighted by atomic mass is 15.2. The van der Waals surface area contributed by atoms with Crippen LogP contribution in [-0.2, 0) is 0 Å². The summed E-state index contributed by atoms with van der Waals surface area (Å²) in [6.07, 6.45) is 18.9. The average molecular weight is 405 g/mol. The van der Waals surface area contributed by atoms with Crippen LogP contribution >= 0.6 is 0 Å². The highest BCUT2D eigenvalue weighted by Gasteiger charge is 2.45. The van der Waals surface area contributed by atoms with E-state index >= 15 is 0 Å². The molecule has 0 N–H and O–H groups in total. The largest absolute Gasteiger partial charge is 0.458 e.